The van der Waals surface area contributed by atoms with Crippen molar-refractivity contribution in [1.82, 2.24) is 10.3 Å². The molecule has 1 N–H and O–H groups in total. The Balaban J connectivity index is 1.59. The van der Waals surface area contributed by atoms with Crippen LogP contribution in [-0.4, -0.2) is 37.4 Å². The van der Waals surface area contributed by atoms with E-state index < -0.39 is 0 Å². The summed E-state index contributed by atoms with van der Waals surface area (Å²) in [6, 6.07) is 4.28. The highest BCUT2D eigenvalue weighted by molar-refractivity contribution is 5.15. The number of nitrogens with one attached hydrogen (secondary N) is 1. The summed E-state index contributed by atoms with van der Waals surface area (Å²) in [6.45, 7) is 3.22. The summed E-state index contributed by atoms with van der Waals surface area (Å²) < 4.78 is 10.8. The fourth-order valence-corrected chi connectivity index (χ4v) is 1.56. The highest BCUT2D eigenvalue weighted by Crippen LogP contribution is 2.06. The molecule has 1 aliphatic heterocycles. The van der Waals surface area contributed by atoms with Crippen LogP contribution in [0.25, 0.3) is 0 Å². The maximum Gasteiger partial charge on any atom is 0.137 e. The molecule has 2 rings (SSSR count). The van der Waals surface area contributed by atoms with Gasteiger partial charge in [0, 0.05) is 25.4 Å². The van der Waals surface area contributed by atoms with Gasteiger partial charge in [0.25, 0.3) is 0 Å². The molecule has 1 aromatic heterocycles. The molecule has 0 spiro atoms. The van der Waals surface area contributed by atoms with Crippen molar-refractivity contribution in [2.75, 3.05) is 26.4 Å². The largest absolute Gasteiger partial charge is 0.491 e. The molecule has 1 saturated heterocycles. The lowest BCUT2D eigenvalue weighted by molar-refractivity contribution is 0.188. The second-order valence-corrected chi connectivity index (χ2v) is 3.55. The molecule has 0 saturated carbocycles. The van der Waals surface area contributed by atoms with Crippen LogP contribution in [0.4, 0.5) is 0 Å². The highest BCUT2D eigenvalue weighted by atomic mass is 16.5. The van der Waals surface area contributed by atoms with Crippen molar-refractivity contribution >= 4 is 0 Å². The Labute approximate surface area is 89.6 Å². The van der Waals surface area contributed by atoms with Gasteiger partial charge in [-0.2, -0.15) is 0 Å². The average Bonchev–Trinajstić information content (AvgIpc) is 2.79. The minimum absolute atomic E-state index is 0.502. The molecule has 1 unspecified atom stereocenters. The second kappa shape index (κ2) is 5.68. The van der Waals surface area contributed by atoms with E-state index in [0.717, 1.165) is 31.9 Å². The topological polar surface area (TPSA) is 43.4 Å². The third-order valence-electron chi connectivity index (χ3n) is 2.37. The van der Waals surface area contributed by atoms with Gasteiger partial charge in [0.1, 0.15) is 12.4 Å². The van der Waals surface area contributed by atoms with Crippen LogP contribution in [0.3, 0.4) is 0 Å². The van der Waals surface area contributed by atoms with E-state index in [-0.39, 0.29) is 0 Å². The van der Waals surface area contributed by atoms with Crippen molar-refractivity contribution in [3.8, 4) is 5.75 Å². The molecule has 4 heteroatoms. The van der Waals surface area contributed by atoms with Gasteiger partial charge in [0.15, 0.2) is 0 Å². The zero-order valence-corrected chi connectivity index (χ0v) is 8.69. The molecule has 0 bridgehead atoms. The van der Waals surface area contributed by atoms with Gasteiger partial charge in [-0.05, 0) is 18.6 Å². The lowest BCUT2D eigenvalue weighted by Crippen LogP contribution is -2.32. The maximum atomic E-state index is 5.50. The van der Waals surface area contributed by atoms with E-state index in [0.29, 0.717) is 12.6 Å². The first-order valence-electron chi connectivity index (χ1n) is 5.29. The van der Waals surface area contributed by atoms with Gasteiger partial charge in [-0.15, -0.1) is 0 Å². The third-order valence-corrected chi connectivity index (χ3v) is 2.37. The first kappa shape index (κ1) is 10.4. The van der Waals surface area contributed by atoms with Crippen LogP contribution in [0.5, 0.6) is 5.75 Å². The Bertz CT molecular complexity index is 273. The predicted molar refractivity (Wildman–Crippen MR) is 57.0 cm³/mol. The number of ether oxygens (including phenoxy) is 2. The van der Waals surface area contributed by atoms with Crippen molar-refractivity contribution in [3.63, 3.8) is 0 Å². The molecule has 0 radical (unpaired) electrons. The normalized spacial score (nSPS) is 20.4. The molecule has 15 heavy (non-hydrogen) atoms. The monoisotopic (exact) mass is 208 g/mol. The maximum absolute atomic E-state index is 5.50. The fraction of sp³-hybridized carbons (Fsp3) is 0.545. The smallest absolute Gasteiger partial charge is 0.137 e. The quantitative estimate of drug-likeness (QED) is 0.728. The standard InChI is InChI=1S/C11H16N2O2/c1-2-11(8-12-4-1)15-7-5-13-10-3-6-14-9-10/h1-2,4,8,10,13H,3,5-7,9H2. The predicted octanol–water partition coefficient (Wildman–Crippen LogP) is 0.839. The van der Waals surface area contributed by atoms with Crippen molar-refractivity contribution in [2.45, 2.75) is 12.5 Å². The van der Waals surface area contributed by atoms with Crippen LogP contribution >= 0.6 is 0 Å². The van der Waals surface area contributed by atoms with E-state index in [2.05, 4.69) is 10.3 Å². The molecule has 1 aliphatic rings. The summed E-state index contributed by atoms with van der Waals surface area (Å²) in [7, 11) is 0. The Morgan fingerprint density at radius 1 is 1.60 bits per heavy atom. The molecule has 1 fully saturated rings. The number of pyridine rings is 1. The second-order valence-electron chi connectivity index (χ2n) is 3.55. The minimum atomic E-state index is 0.502. The van der Waals surface area contributed by atoms with Crippen LogP contribution in [0, 0.1) is 0 Å². The molecule has 4 nitrogen and oxygen atoms in total. The zero-order valence-electron chi connectivity index (χ0n) is 8.69. The summed E-state index contributed by atoms with van der Waals surface area (Å²) in [5.41, 5.74) is 0. The zero-order chi connectivity index (χ0) is 10.3. The van der Waals surface area contributed by atoms with E-state index in [4.69, 9.17) is 9.47 Å². The van der Waals surface area contributed by atoms with Crippen molar-refractivity contribution in [3.05, 3.63) is 24.5 Å². The molecule has 0 aromatic carbocycles. The van der Waals surface area contributed by atoms with Gasteiger partial charge in [0.2, 0.25) is 0 Å². The van der Waals surface area contributed by atoms with Crippen LogP contribution in [0.1, 0.15) is 6.42 Å². The fourth-order valence-electron chi connectivity index (χ4n) is 1.56. The van der Waals surface area contributed by atoms with E-state index in [9.17, 15) is 0 Å². The number of rotatable bonds is 5. The van der Waals surface area contributed by atoms with Gasteiger partial charge in [-0.3, -0.25) is 4.98 Å². The van der Waals surface area contributed by atoms with E-state index in [1.54, 1.807) is 12.4 Å². The van der Waals surface area contributed by atoms with Crippen LogP contribution in [0.2, 0.25) is 0 Å². The summed E-state index contributed by atoms with van der Waals surface area (Å²) in [5, 5.41) is 3.38. The molecular weight excluding hydrogens is 192 g/mol. The molecule has 0 aliphatic carbocycles. The van der Waals surface area contributed by atoms with E-state index in [1.165, 1.54) is 0 Å². The summed E-state index contributed by atoms with van der Waals surface area (Å²) in [6.07, 6.45) is 4.56. The lowest BCUT2D eigenvalue weighted by atomic mass is 10.3. The van der Waals surface area contributed by atoms with Crippen molar-refractivity contribution in [2.24, 2.45) is 0 Å². The lowest BCUT2D eigenvalue weighted by Gasteiger charge is -2.10. The number of hydrogen-bond donors (Lipinski definition) is 1. The van der Waals surface area contributed by atoms with Gasteiger partial charge < -0.3 is 14.8 Å². The third kappa shape index (κ3) is 3.49. The van der Waals surface area contributed by atoms with Crippen LogP contribution in [0.15, 0.2) is 24.5 Å². The minimum Gasteiger partial charge on any atom is -0.491 e. The molecule has 2 heterocycles. The Kier molecular flexibility index (Phi) is 3.93. The molecular formula is C11H16N2O2. The summed E-state index contributed by atoms with van der Waals surface area (Å²) in [4.78, 5) is 3.98. The van der Waals surface area contributed by atoms with Gasteiger partial charge in [0.05, 0.1) is 12.8 Å². The number of nitrogens with zero attached hydrogens (tertiary/aromatic N) is 1. The highest BCUT2D eigenvalue weighted by Gasteiger charge is 2.13. The summed E-state index contributed by atoms with van der Waals surface area (Å²) in [5.74, 6) is 0.821. The van der Waals surface area contributed by atoms with Crippen LogP contribution in [-0.2, 0) is 4.74 Å². The summed E-state index contributed by atoms with van der Waals surface area (Å²) >= 11 is 0. The first-order valence-corrected chi connectivity index (χ1v) is 5.29. The van der Waals surface area contributed by atoms with E-state index >= 15 is 0 Å². The van der Waals surface area contributed by atoms with Gasteiger partial charge in [-0.1, -0.05) is 0 Å². The molecule has 1 aromatic rings. The Morgan fingerprint density at radius 3 is 3.33 bits per heavy atom. The number of aromatic nitrogens is 1. The first-order chi connectivity index (χ1) is 7.45. The Morgan fingerprint density at radius 2 is 2.60 bits per heavy atom. The Hall–Kier alpha value is -1.13. The van der Waals surface area contributed by atoms with Gasteiger partial charge in [-0.25, -0.2) is 0 Å². The average molecular weight is 208 g/mol. The van der Waals surface area contributed by atoms with Gasteiger partial charge >= 0.3 is 0 Å². The van der Waals surface area contributed by atoms with Crippen molar-refractivity contribution in [1.29, 1.82) is 0 Å². The van der Waals surface area contributed by atoms with Crippen LogP contribution < -0.4 is 10.1 Å². The molecule has 0 amide bonds. The number of hydrogen-bond acceptors (Lipinski definition) is 4. The van der Waals surface area contributed by atoms with Crippen molar-refractivity contribution < 1.29 is 9.47 Å². The molecule has 1 atom stereocenters. The van der Waals surface area contributed by atoms with E-state index in [1.807, 2.05) is 12.1 Å². The SMILES string of the molecule is c1cncc(OCCNC2CCOC2)c1. The molecule has 82 valence electrons.